The monoisotopic (exact) mass is 494 g/mol. The van der Waals surface area contributed by atoms with Crippen LogP contribution < -0.4 is 10.1 Å². The molecule has 0 spiro atoms. The lowest BCUT2D eigenvalue weighted by Gasteiger charge is -2.10. The number of carbonyl (C=O) groups is 1. The van der Waals surface area contributed by atoms with Gasteiger partial charge in [0.15, 0.2) is 0 Å². The minimum Gasteiger partial charge on any atom is -0.487 e. The molecular weight excluding hydrogens is 483 g/mol. The van der Waals surface area contributed by atoms with E-state index in [0.29, 0.717) is 37.6 Å². The third kappa shape index (κ3) is 5.46. The maximum absolute atomic E-state index is 12.3. The minimum absolute atomic E-state index is 0.0292. The average Bonchev–Trinajstić information content (AvgIpc) is 2.61. The Hall–Kier alpha value is -2.07. The summed E-state index contributed by atoms with van der Waals surface area (Å²) < 4.78 is 6.93. The molecule has 4 nitrogen and oxygen atoms in total. The van der Waals surface area contributed by atoms with Gasteiger partial charge in [-0.1, -0.05) is 24.3 Å². The molecule has 0 aliphatic carbocycles. The average molecular weight is 497 g/mol. The Kier molecular flexibility index (Phi) is 7.46. The van der Waals surface area contributed by atoms with Crippen LogP contribution in [-0.4, -0.2) is 12.5 Å². The van der Waals surface area contributed by atoms with Crippen molar-refractivity contribution in [3.8, 4) is 11.8 Å². The molecular formula is C19H13Br2ClN2O2. The van der Waals surface area contributed by atoms with E-state index in [-0.39, 0.29) is 5.57 Å². The molecule has 0 heterocycles. The van der Waals surface area contributed by atoms with Crippen molar-refractivity contribution < 1.29 is 9.53 Å². The Labute approximate surface area is 173 Å². The molecule has 0 aliphatic rings. The zero-order chi connectivity index (χ0) is 19.1. The quantitative estimate of drug-likeness (QED) is 0.304. The number of hydrogen-bond donors (Lipinski definition) is 1. The summed E-state index contributed by atoms with van der Waals surface area (Å²) in [4.78, 5) is 12.3. The molecule has 2 rings (SSSR count). The van der Waals surface area contributed by atoms with Crippen molar-refractivity contribution in [1.82, 2.24) is 0 Å². The summed E-state index contributed by atoms with van der Waals surface area (Å²) in [6.45, 7) is 3.97. The predicted octanol–water partition coefficient (Wildman–Crippen LogP) is 5.98. The number of halogens is 3. The molecule has 26 heavy (non-hydrogen) atoms. The van der Waals surface area contributed by atoms with Gasteiger partial charge in [-0.2, -0.15) is 5.26 Å². The van der Waals surface area contributed by atoms with Crippen molar-refractivity contribution in [2.75, 3.05) is 11.9 Å². The first-order valence-electron chi connectivity index (χ1n) is 7.36. The molecule has 1 N–H and O–H groups in total. The van der Waals surface area contributed by atoms with Crippen LogP contribution in [0, 0.1) is 11.3 Å². The number of hydrogen-bond acceptors (Lipinski definition) is 3. The van der Waals surface area contributed by atoms with E-state index in [2.05, 4.69) is 43.8 Å². The normalized spacial score (nSPS) is 10.8. The minimum atomic E-state index is -0.506. The lowest BCUT2D eigenvalue weighted by molar-refractivity contribution is -0.112. The Morgan fingerprint density at radius 1 is 1.27 bits per heavy atom. The number of nitrogens with zero attached hydrogens (tertiary/aromatic N) is 1. The molecule has 0 aliphatic heterocycles. The zero-order valence-corrected chi connectivity index (χ0v) is 17.4. The van der Waals surface area contributed by atoms with Crippen LogP contribution in [0.1, 0.15) is 5.56 Å². The fourth-order valence-electron chi connectivity index (χ4n) is 1.99. The molecule has 0 unspecified atom stereocenters. The topological polar surface area (TPSA) is 62.1 Å². The molecule has 132 valence electrons. The Bertz CT molecular complexity index is 880. The van der Waals surface area contributed by atoms with Gasteiger partial charge < -0.3 is 10.1 Å². The molecule has 2 aromatic rings. The van der Waals surface area contributed by atoms with E-state index in [4.69, 9.17) is 16.3 Å². The SMILES string of the molecule is C=CCOc1c(Br)cc(/C=C(\C#N)C(=O)Nc2ccc(Cl)cc2)cc1Br. The van der Waals surface area contributed by atoms with Gasteiger partial charge in [-0.15, -0.1) is 0 Å². The van der Waals surface area contributed by atoms with Gasteiger partial charge in [0.2, 0.25) is 0 Å². The fourth-order valence-corrected chi connectivity index (χ4v) is 3.57. The second-order valence-corrected chi connectivity index (χ2v) is 7.19. The van der Waals surface area contributed by atoms with E-state index >= 15 is 0 Å². The Morgan fingerprint density at radius 3 is 2.42 bits per heavy atom. The van der Waals surface area contributed by atoms with Crippen LogP contribution in [0.5, 0.6) is 5.75 Å². The van der Waals surface area contributed by atoms with E-state index in [0.717, 1.165) is 0 Å². The molecule has 0 saturated carbocycles. The first kappa shape index (κ1) is 20.2. The standard InChI is InChI=1S/C19H13Br2ClN2O2/c1-2-7-26-18-16(20)9-12(10-17(18)21)8-13(11-23)19(25)24-15-5-3-14(22)4-6-15/h2-6,8-10H,1,7H2,(H,24,25)/b13-8+. The highest BCUT2D eigenvalue weighted by molar-refractivity contribution is 9.11. The van der Waals surface area contributed by atoms with E-state index < -0.39 is 5.91 Å². The summed E-state index contributed by atoms with van der Waals surface area (Å²) >= 11 is 12.7. The number of anilines is 1. The molecule has 0 fully saturated rings. The summed E-state index contributed by atoms with van der Waals surface area (Å²) in [6.07, 6.45) is 3.14. The molecule has 0 aromatic heterocycles. The van der Waals surface area contributed by atoms with Crippen LogP contribution in [0.4, 0.5) is 5.69 Å². The summed E-state index contributed by atoms with van der Waals surface area (Å²) in [5, 5.41) is 12.6. The van der Waals surface area contributed by atoms with Gasteiger partial charge in [0.1, 0.15) is 24.0 Å². The van der Waals surface area contributed by atoms with Crippen molar-refractivity contribution in [1.29, 1.82) is 5.26 Å². The van der Waals surface area contributed by atoms with Crippen molar-refractivity contribution in [2.24, 2.45) is 0 Å². The third-order valence-electron chi connectivity index (χ3n) is 3.14. The van der Waals surface area contributed by atoms with Crippen molar-refractivity contribution in [3.05, 3.63) is 74.2 Å². The number of rotatable bonds is 6. The number of nitrogens with one attached hydrogen (secondary N) is 1. The maximum atomic E-state index is 12.3. The molecule has 7 heteroatoms. The number of carbonyl (C=O) groups excluding carboxylic acids is 1. The van der Waals surface area contributed by atoms with E-state index in [1.54, 1.807) is 42.5 Å². The van der Waals surface area contributed by atoms with E-state index in [9.17, 15) is 10.1 Å². The summed E-state index contributed by atoms with van der Waals surface area (Å²) in [5.41, 5.74) is 1.19. The molecule has 0 bridgehead atoms. The van der Waals surface area contributed by atoms with Crippen molar-refractivity contribution in [2.45, 2.75) is 0 Å². The molecule has 0 saturated heterocycles. The van der Waals surface area contributed by atoms with E-state index in [1.807, 2.05) is 6.07 Å². The Balaban J connectivity index is 2.24. The third-order valence-corrected chi connectivity index (χ3v) is 4.57. The fraction of sp³-hybridized carbons (Fsp3) is 0.0526. The molecule has 0 atom stereocenters. The largest absolute Gasteiger partial charge is 0.487 e. The van der Waals surface area contributed by atoms with Crippen LogP contribution in [0.15, 0.2) is 63.6 Å². The van der Waals surface area contributed by atoms with Crippen LogP contribution in [0.25, 0.3) is 6.08 Å². The first-order valence-corrected chi connectivity index (χ1v) is 9.32. The van der Waals surface area contributed by atoms with Gasteiger partial charge in [-0.25, -0.2) is 0 Å². The van der Waals surface area contributed by atoms with Crippen LogP contribution >= 0.6 is 43.5 Å². The van der Waals surface area contributed by atoms with Crippen LogP contribution in [-0.2, 0) is 4.79 Å². The number of benzene rings is 2. The highest BCUT2D eigenvalue weighted by atomic mass is 79.9. The predicted molar refractivity (Wildman–Crippen MR) is 111 cm³/mol. The smallest absolute Gasteiger partial charge is 0.266 e. The van der Waals surface area contributed by atoms with Crippen LogP contribution in [0.2, 0.25) is 5.02 Å². The lowest BCUT2D eigenvalue weighted by Crippen LogP contribution is -2.13. The number of nitriles is 1. The number of ether oxygens (including phenoxy) is 1. The molecule has 1 amide bonds. The van der Waals surface area contributed by atoms with Crippen molar-refractivity contribution >= 4 is 61.1 Å². The van der Waals surface area contributed by atoms with Gasteiger partial charge in [-0.3, -0.25) is 4.79 Å². The van der Waals surface area contributed by atoms with Gasteiger partial charge in [0, 0.05) is 10.7 Å². The first-order chi connectivity index (χ1) is 12.4. The Morgan fingerprint density at radius 2 is 1.88 bits per heavy atom. The zero-order valence-electron chi connectivity index (χ0n) is 13.4. The lowest BCUT2D eigenvalue weighted by atomic mass is 10.1. The van der Waals surface area contributed by atoms with Gasteiger partial charge in [0.05, 0.1) is 8.95 Å². The van der Waals surface area contributed by atoms with E-state index in [1.165, 1.54) is 6.08 Å². The highest BCUT2D eigenvalue weighted by Gasteiger charge is 2.12. The maximum Gasteiger partial charge on any atom is 0.266 e. The van der Waals surface area contributed by atoms with Gasteiger partial charge in [0.25, 0.3) is 5.91 Å². The van der Waals surface area contributed by atoms with Gasteiger partial charge in [-0.05, 0) is 79.9 Å². The van der Waals surface area contributed by atoms with Crippen LogP contribution in [0.3, 0.4) is 0 Å². The summed E-state index contributed by atoms with van der Waals surface area (Å²) in [6, 6.07) is 12.1. The summed E-state index contributed by atoms with van der Waals surface area (Å²) in [5.74, 6) is 0.111. The number of amides is 1. The molecule has 2 aromatic carbocycles. The highest BCUT2D eigenvalue weighted by Crippen LogP contribution is 2.35. The second-order valence-electron chi connectivity index (χ2n) is 5.04. The molecule has 0 radical (unpaired) electrons. The summed E-state index contributed by atoms with van der Waals surface area (Å²) in [7, 11) is 0. The second kappa shape index (κ2) is 9.58. The van der Waals surface area contributed by atoms with Crippen molar-refractivity contribution in [3.63, 3.8) is 0 Å². The van der Waals surface area contributed by atoms with Gasteiger partial charge >= 0.3 is 0 Å².